The van der Waals surface area contributed by atoms with Gasteiger partial charge in [0.05, 0.1) is 5.69 Å². The van der Waals surface area contributed by atoms with Crippen molar-refractivity contribution in [2.75, 3.05) is 23.4 Å². The first kappa shape index (κ1) is 19.0. The molecule has 0 radical (unpaired) electrons. The molecule has 0 aliphatic carbocycles. The largest absolute Gasteiger partial charge is 0.482 e. The molecule has 2 aromatic carbocycles. The molecular weight excluding hydrogens is 340 g/mol. The molecule has 142 valence electrons. The number of unbranched alkanes of at least 4 members (excludes halogenated alkanes) is 1. The summed E-state index contributed by atoms with van der Waals surface area (Å²) in [5.41, 5.74) is 2.68. The standard InChI is InChI=1S/C22H26N2O3/c1-2-3-11-21(25)23-18-12-13-20-19(15-18)24(22(26)16-27-20)14-7-10-17-8-5-4-6-9-17/h4-6,8-9,12-13,15H,2-3,7,10-11,14,16H2,1H3,(H,23,25). The van der Waals surface area contributed by atoms with Gasteiger partial charge in [0.15, 0.2) is 6.61 Å². The molecule has 1 aliphatic heterocycles. The molecule has 5 heteroatoms. The minimum Gasteiger partial charge on any atom is -0.482 e. The van der Waals surface area contributed by atoms with Gasteiger partial charge in [-0.1, -0.05) is 43.7 Å². The number of nitrogens with zero attached hydrogens (tertiary/aromatic N) is 1. The summed E-state index contributed by atoms with van der Waals surface area (Å²) in [5, 5.41) is 2.91. The molecule has 0 saturated carbocycles. The normalized spacial score (nSPS) is 13.1. The van der Waals surface area contributed by atoms with Gasteiger partial charge in [0.2, 0.25) is 5.91 Å². The Balaban J connectivity index is 1.68. The molecule has 0 unspecified atom stereocenters. The van der Waals surface area contributed by atoms with Crippen molar-refractivity contribution in [3.8, 4) is 5.75 Å². The van der Waals surface area contributed by atoms with Gasteiger partial charge >= 0.3 is 0 Å². The lowest BCUT2D eigenvalue weighted by atomic mass is 10.1. The molecule has 0 spiro atoms. The maximum Gasteiger partial charge on any atom is 0.265 e. The SMILES string of the molecule is CCCCC(=O)Nc1ccc2c(c1)N(CCCc1ccccc1)C(=O)CO2. The molecule has 0 fully saturated rings. The van der Waals surface area contributed by atoms with E-state index in [1.165, 1.54) is 5.56 Å². The molecule has 1 aliphatic rings. The number of nitrogens with one attached hydrogen (secondary N) is 1. The van der Waals surface area contributed by atoms with Gasteiger partial charge in [-0.3, -0.25) is 9.59 Å². The fraction of sp³-hybridized carbons (Fsp3) is 0.364. The van der Waals surface area contributed by atoms with Crippen LogP contribution >= 0.6 is 0 Å². The van der Waals surface area contributed by atoms with Crippen LogP contribution < -0.4 is 15.0 Å². The van der Waals surface area contributed by atoms with Crippen LogP contribution in [0.3, 0.4) is 0 Å². The minimum atomic E-state index is -0.0509. The molecule has 0 atom stereocenters. The van der Waals surface area contributed by atoms with Crippen LogP contribution in [-0.2, 0) is 16.0 Å². The Hall–Kier alpha value is -2.82. The monoisotopic (exact) mass is 366 g/mol. The molecule has 27 heavy (non-hydrogen) atoms. The summed E-state index contributed by atoms with van der Waals surface area (Å²) in [5.74, 6) is 0.626. The van der Waals surface area contributed by atoms with Crippen molar-refractivity contribution in [1.29, 1.82) is 0 Å². The van der Waals surface area contributed by atoms with Crippen LogP contribution in [0, 0.1) is 0 Å². The summed E-state index contributed by atoms with van der Waals surface area (Å²) in [6.45, 7) is 2.74. The lowest BCUT2D eigenvalue weighted by Crippen LogP contribution is -2.39. The second kappa shape index (κ2) is 9.21. The Bertz CT molecular complexity index is 789. The fourth-order valence-corrected chi connectivity index (χ4v) is 3.17. The van der Waals surface area contributed by atoms with Crippen molar-refractivity contribution >= 4 is 23.2 Å². The van der Waals surface area contributed by atoms with Crippen molar-refractivity contribution < 1.29 is 14.3 Å². The fourth-order valence-electron chi connectivity index (χ4n) is 3.17. The van der Waals surface area contributed by atoms with Crippen LogP contribution in [-0.4, -0.2) is 25.0 Å². The molecule has 0 aromatic heterocycles. The zero-order valence-corrected chi connectivity index (χ0v) is 15.7. The number of amides is 2. The molecule has 0 saturated heterocycles. The molecule has 0 bridgehead atoms. The van der Waals surface area contributed by atoms with E-state index in [9.17, 15) is 9.59 Å². The maximum absolute atomic E-state index is 12.4. The van der Waals surface area contributed by atoms with Gasteiger partial charge in [0.1, 0.15) is 5.75 Å². The average molecular weight is 366 g/mol. The van der Waals surface area contributed by atoms with E-state index in [4.69, 9.17) is 4.74 Å². The van der Waals surface area contributed by atoms with Crippen LogP contribution in [0.2, 0.25) is 0 Å². The first-order chi connectivity index (χ1) is 13.2. The predicted molar refractivity (Wildman–Crippen MR) is 107 cm³/mol. The van der Waals surface area contributed by atoms with E-state index in [1.807, 2.05) is 36.4 Å². The van der Waals surface area contributed by atoms with E-state index in [-0.39, 0.29) is 18.4 Å². The third-order valence-electron chi connectivity index (χ3n) is 4.63. The van der Waals surface area contributed by atoms with Crippen molar-refractivity contribution in [2.45, 2.75) is 39.0 Å². The second-order valence-corrected chi connectivity index (χ2v) is 6.76. The Morgan fingerprint density at radius 3 is 2.74 bits per heavy atom. The maximum atomic E-state index is 12.4. The van der Waals surface area contributed by atoms with Crippen molar-refractivity contribution in [3.63, 3.8) is 0 Å². The van der Waals surface area contributed by atoms with Gasteiger partial charge in [0, 0.05) is 18.7 Å². The van der Waals surface area contributed by atoms with Crippen LogP contribution in [0.25, 0.3) is 0 Å². The third kappa shape index (κ3) is 5.09. The number of carbonyl (C=O) groups is 2. The van der Waals surface area contributed by atoms with E-state index in [0.29, 0.717) is 24.4 Å². The number of hydrogen-bond acceptors (Lipinski definition) is 3. The van der Waals surface area contributed by atoms with Gasteiger partial charge in [-0.2, -0.15) is 0 Å². The molecule has 2 amide bonds. The molecular formula is C22H26N2O3. The van der Waals surface area contributed by atoms with Crippen molar-refractivity contribution in [2.24, 2.45) is 0 Å². The average Bonchev–Trinajstić information content (AvgIpc) is 2.69. The van der Waals surface area contributed by atoms with Crippen molar-refractivity contribution in [3.05, 3.63) is 54.1 Å². The number of carbonyl (C=O) groups excluding carboxylic acids is 2. The highest BCUT2D eigenvalue weighted by atomic mass is 16.5. The smallest absolute Gasteiger partial charge is 0.265 e. The second-order valence-electron chi connectivity index (χ2n) is 6.76. The summed E-state index contributed by atoms with van der Waals surface area (Å²) in [7, 11) is 0. The molecule has 2 aromatic rings. The first-order valence-corrected chi connectivity index (χ1v) is 9.58. The summed E-state index contributed by atoms with van der Waals surface area (Å²) in [6, 6.07) is 15.7. The number of benzene rings is 2. The van der Waals surface area contributed by atoms with Crippen LogP contribution in [0.5, 0.6) is 5.75 Å². The lowest BCUT2D eigenvalue weighted by Gasteiger charge is -2.30. The van der Waals surface area contributed by atoms with Crippen LogP contribution in [0.1, 0.15) is 38.2 Å². The van der Waals surface area contributed by atoms with E-state index in [2.05, 4.69) is 24.4 Å². The van der Waals surface area contributed by atoms with Crippen LogP contribution in [0.15, 0.2) is 48.5 Å². The topological polar surface area (TPSA) is 58.6 Å². The van der Waals surface area contributed by atoms with Gasteiger partial charge in [0.25, 0.3) is 5.91 Å². The zero-order chi connectivity index (χ0) is 19.1. The zero-order valence-electron chi connectivity index (χ0n) is 15.7. The Morgan fingerprint density at radius 1 is 1.15 bits per heavy atom. The minimum absolute atomic E-state index is 0.00418. The summed E-state index contributed by atoms with van der Waals surface area (Å²) >= 11 is 0. The Labute approximate surface area is 160 Å². The highest BCUT2D eigenvalue weighted by Crippen LogP contribution is 2.34. The predicted octanol–water partition coefficient (Wildman–Crippen LogP) is 4.17. The number of hydrogen-bond donors (Lipinski definition) is 1. The Morgan fingerprint density at radius 2 is 1.96 bits per heavy atom. The van der Waals surface area contributed by atoms with Gasteiger partial charge < -0.3 is 15.0 Å². The number of ether oxygens (including phenoxy) is 1. The number of rotatable bonds is 8. The quantitative estimate of drug-likeness (QED) is 0.763. The highest BCUT2D eigenvalue weighted by molar-refractivity contribution is 5.99. The number of fused-ring (bicyclic) bond motifs is 1. The van der Waals surface area contributed by atoms with E-state index in [0.717, 1.165) is 31.4 Å². The Kier molecular flexibility index (Phi) is 6.47. The van der Waals surface area contributed by atoms with Crippen LogP contribution in [0.4, 0.5) is 11.4 Å². The van der Waals surface area contributed by atoms with Gasteiger partial charge in [-0.25, -0.2) is 0 Å². The number of aryl methyl sites for hydroxylation is 1. The summed E-state index contributed by atoms with van der Waals surface area (Å²) in [4.78, 5) is 26.1. The highest BCUT2D eigenvalue weighted by Gasteiger charge is 2.25. The van der Waals surface area contributed by atoms with Crippen molar-refractivity contribution in [1.82, 2.24) is 0 Å². The number of anilines is 2. The summed E-state index contributed by atoms with van der Waals surface area (Å²) in [6.07, 6.45) is 4.12. The van der Waals surface area contributed by atoms with E-state index in [1.54, 1.807) is 4.90 Å². The molecule has 1 heterocycles. The van der Waals surface area contributed by atoms with E-state index < -0.39 is 0 Å². The lowest BCUT2D eigenvalue weighted by molar-refractivity contribution is -0.121. The van der Waals surface area contributed by atoms with Gasteiger partial charge in [-0.05, 0) is 43.0 Å². The molecule has 5 nitrogen and oxygen atoms in total. The third-order valence-corrected chi connectivity index (χ3v) is 4.63. The van der Waals surface area contributed by atoms with Gasteiger partial charge in [-0.15, -0.1) is 0 Å². The molecule has 1 N–H and O–H groups in total. The van der Waals surface area contributed by atoms with E-state index >= 15 is 0 Å². The molecule has 3 rings (SSSR count). The summed E-state index contributed by atoms with van der Waals surface area (Å²) < 4.78 is 5.55. The first-order valence-electron chi connectivity index (χ1n) is 9.58.